The third-order valence-corrected chi connectivity index (χ3v) is 2.64. The average Bonchev–Trinajstić information content (AvgIpc) is 2.38. The molecule has 0 fully saturated rings. The summed E-state index contributed by atoms with van der Waals surface area (Å²) in [5.74, 6) is -0.509. The van der Waals surface area contributed by atoms with E-state index in [4.69, 9.17) is 11.6 Å². The van der Waals surface area contributed by atoms with Gasteiger partial charge in [-0.2, -0.15) is 8.78 Å². The Labute approximate surface area is 119 Å². The predicted molar refractivity (Wildman–Crippen MR) is 72.5 cm³/mol. The van der Waals surface area contributed by atoms with Gasteiger partial charge in [-0.3, -0.25) is 4.79 Å². The summed E-state index contributed by atoms with van der Waals surface area (Å²) in [6.45, 7) is -2.93. The van der Waals surface area contributed by atoms with E-state index >= 15 is 0 Å². The first-order chi connectivity index (χ1) is 9.54. The van der Waals surface area contributed by atoms with Crippen molar-refractivity contribution in [3.05, 3.63) is 59.1 Å². The largest absolute Gasteiger partial charge is 0.435 e. The van der Waals surface area contributed by atoms with Gasteiger partial charge in [-0.05, 0) is 36.4 Å². The second kappa shape index (κ2) is 6.34. The highest BCUT2D eigenvalue weighted by molar-refractivity contribution is 6.30. The molecule has 3 nitrogen and oxygen atoms in total. The highest BCUT2D eigenvalue weighted by atomic mass is 35.5. The van der Waals surface area contributed by atoms with Gasteiger partial charge in [0, 0.05) is 16.3 Å². The van der Waals surface area contributed by atoms with E-state index in [9.17, 15) is 13.6 Å². The molecule has 2 aromatic carbocycles. The Morgan fingerprint density at radius 2 is 1.90 bits per heavy atom. The quantitative estimate of drug-likeness (QED) is 0.919. The van der Waals surface area contributed by atoms with Gasteiger partial charge in [0.1, 0.15) is 5.75 Å². The summed E-state index contributed by atoms with van der Waals surface area (Å²) in [5, 5.41) is 3.10. The maximum absolute atomic E-state index is 12.1. The van der Waals surface area contributed by atoms with Crippen LogP contribution in [0.1, 0.15) is 10.4 Å². The van der Waals surface area contributed by atoms with Gasteiger partial charge in [-0.25, -0.2) is 0 Å². The molecule has 20 heavy (non-hydrogen) atoms. The second-order valence-electron chi connectivity index (χ2n) is 3.87. The predicted octanol–water partition coefficient (Wildman–Crippen LogP) is 4.19. The molecule has 0 aromatic heterocycles. The summed E-state index contributed by atoms with van der Waals surface area (Å²) in [4.78, 5) is 12.0. The van der Waals surface area contributed by atoms with Crippen molar-refractivity contribution in [2.45, 2.75) is 6.61 Å². The minimum atomic E-state index is -2.93. The maximum atomic E-state index is 12.1. The first-order valence-corrected chi connectivity index (χ1v) is 6.04. The zero-order valence-electron chi connectivity index (χ0n) is 10.1. The lowest BCUT2D eigenvalue weighted by atomic mass is 10.2. The molecule has 104 valence electrons. The molecule has 0 aliphatic rings. The SMILES string of the molecule is O=C(Nc1cccc(Cl)c1)c1cccc(OC(F)F)c1. The van der Waals surface area contributed by atoms with Crippen molar-refractivity contribution in [2.24, 2.45) is 0 Å². The molecule has 0 aliphatic carbocycles. The number of benzene rings is 2. The summed E-state index contributed by atoms with van der Waals surface area (Å²) >= 11 is 5.80. The fourth-order valence-corrected chi connectivity index (χ4v) is 1.77. The van der Waals surface area contributed by atoms with E-state index < -0.39 is 12.5 Å². The monoisotopic (exact) mass is 297 g/mol. The Morgan fingerprint density at radius 1 is 1.15 bits per heavy atom. The molecule has 1 N–H and O–H groups in total. The lowest BCUT2D eigenvalue weighted by molar-refractivity contribution is -0.0498. The summed E-state index contributed by atoms with van der Waals surface area (Å²) < 4.78 is 28.5. The van der Waals surface area contributed by atoms with Crippen molar-refractivity contribution in [1.82, 2.24) is 0 Å². The molecule has 2 rings (SSSR count). The van der Waals surface area contributed by atoms with Gasteiger partial charge < -0.3 is 10.1 Å². The van der Waals surface area contributed by atoms with Crippen LogP contribution in [0.3, 0.4) is 0 Å². The summed E-state index contributed by atoms with van der Waals surface area (Å²) in [6, 6.07) is 12.2. The lowest BCUT2D eigenvalue weighted by Crippen LogP contribution is -2.12. The van der Waals surface area contributed by atoms with Gasteiger partial charge in [-0.1, -0.05) is 23.7 Å². The number of nitrogens with one attached hydrogen (secondary N) is 1. The van der Waals surface area contributed by atoms with Crippen molar-refractivity contribution < 1.29 is 18.3 Å². The van der Waals surface area contributed by atoms with Gasteiger partial charge >= 0.3 is 6.61 Å². The number of halogens is 3. The van der Waals surface area contributed by atoms with Crippen LogP contribution >= 0.6 is 11.6 Å². The normalized spacial score (nSPS) is 10.4. The third-order valence-electron chi connectivity index (χ3n) is 2.40. The van der Waals surface area contributed by atoms with E-state index in [0.29, 0.717) is 10.7 Å². The number of carbonyl (C=O) groups excluding carboxylic acids is 1. The number of amides is 1. The van der Waals surface area contributed by atoms with Crippen LogP contribution < -0.4 is 10.1 Å². The maximum Gasteiger partial charge on any atom is 0.387 e. The molecule has 0 bridgehead atoms. The molecule has 0 saturated heterocycles. The van der Waals surface area contributed by atoms with Gasteiger partial charge in [0.05, 0.1) is 0 Å². The van der Waals surface area contributed by atoms with Crippen LogP contribution in [-0.4, -0.2) is 12.5 Å². The van der Waals surface area contributed by atoms with Crippen LogP contribution in [0.4, 0.5) is 14.5 Å². The van der Waals surface area contributed by atoms with Gasteiger partial charge in [0.25, 0.3) is 5.91 Å². The number of rotatable bonds is 4. The first-order valence-electron chi connectivity index (χ1n) is 5.66. The number of anilines is 1. The Bertz CT molecular complexity index is 620. The number of carbonyl (C=O) groups is 1. The zero-order chi connectivity index (χ0) is 14.5. The van der Waals surface area contributed by atoms with E-state index in [-0.39, 0.29) is 11.3 Å². The van der Waals surface area contributed by atoms with Crippen LogP contribution in [0.2, 0.25) is 5.02 Å². The van der Waals surface area contributed by atoms with E-state index in [1.807, 2.05) is 0 Å². The summed E-state index contributed by atoms with van der Waals surface area (Å²) in [7, 11) is 0. The van der Waals surface area contributed by atoms with E-state index in [2.05, 4.69) is 10.1 Å². The highest BCUT2D eigenvalue weighted by Gasteiger charge is 2.10. The fourth-order valence-electron chi connectivity index (χ4n) is 1.58. The molecule has 0 spiro atoms. The third kappa shape index (κ3) is 3.93. The summed E-state index contributed by atoms with van der Waals surface area (Å²) in [6.07, 6.45) is 0. The van der Waals surface area contributed by atoms with Crippen molar-refractivity contribution in [3.8, 4) is 5.75 Å². The van der Waals surface area contributed by atoms with Crippen LogP contribution in [0, 0.1) is 0 Å². The van der Waals surface area contributed by atoms with Crippen molar-refractivity contribution in [2.75, 3.05) is 5.32 Å². The number of hydrogen-bond acceptors (Lipinski definition) is 2. The molecule has 0 saturated carbocycles. The molecule has 0 aliphatic heterocycles. The van der Waals surface area contributed by atoms with Gasteiger partial charge in [0.2, 0.25) is 0 Å². The van der Waals surface area contributed by atoms with E-state index in [1.165, 1.54) is 24.3 Å². The van der Waals surface area contributed by atoms with Crippen LogP contribution in [0.5, 0.6) is 5.75 Å². The van der Waals surface area contributed by atoms with Crippen molar-refractivity contribution in [1.29, 1.82) is 0 Å². The van der Waals surface area contributed by atoms with Crippen LogP contribution in [0.25, 0.3) is 0 Å². The van der Waals surface area contributed by atoms with Crippen molar-refractivity contribution >= 4 is 23.2 Å². The van der Waals surface area contributed by atoms with Crippen molar-refractivity contribution in [3.63, 3.8) is 0 Å². The standard InChI is InChI=1S/C14H10ClF2NO2/c15-10-4-2-5-11(8-10)18-13(19)9-3-1-6-12(7-9)20-14(16)17/h1-8,14H,(H,18,19). The minimum absolute atomic E-state index is 0.0706. The Morgan fingerprint density at radius 3 is 2.60 bits per heavy atom. The highest BCUT2D eigenvalue weighted by Crippen LogP contribution is 2.19. The molecule has 0 heterocycles. The molecule has 1 amide bonds. The second-order valence-corrected chi connectivity index (χ2v) is 4.31. The topological polar surface area (TPSA) is 38.3 Å². The molecule has 0 atom stereocenters. The molecule has 6 heteroatoms. The van der Waals surface area contributed by atoms with Gasteiger partial charge in [0.15, 0.2) is 0 Å². The molecular formula is C14H10ClF2NO2. The molecule has 0 unspecified atom stereocenters. The fraction of sp³-hybridized carbons (Fsp3) is 0.0714. The molecule has 2 aromatic rings. The minimum Gasteiger partial charge on any atom is -0.435 e. The smallest absolute Gasteiger partial charge is 0.387 e. The number of ether oxygens (including phenoxy) is 1. The van der Waals surface area contributed by atoms with E-state index in [1.54, 1.807) is 24.3 Å². The van der Waals surface area contributed by atoms with Crippen LogP contribution in [-0.2, 0) is 0 Å². The Hall–Kier alpha value is -2.14. The number of hydrogen-bond donors (Lipinski definition) is 1. The average molecular weight is 298 g/mol. The van der Waals surface area contributed by atoms with Gasteiger partial charge in [-0.15, -0.1) is 0 Å². The Kier molecular flexibility index (Phi) is 4.53. The summed E-state index contributed by atoms with van der Waals surface area (Å²) in [5.41, 5.74) is 0.728. The van der Waals surface area contributed by atoms with E-state index in [0.717, 1.165) is 0 Å². The zero-order valence-corrected chi connectivity index (χ0v) is 10.9. The lowest BCUT2D eigenvalue weighted by Gasteiger charge is -2.08. The number of alkyl halides is 2. The Balaban J connectivity index is 2.13. The molecule has 0 radical (unpaired) electrons. The first kappa shape index (κ1) is 14.3. The molecular weight excluding hydrogens is 288 g/mol. The van der Waals surface area contributed by atoms with Crippen LogP contribution in [0.15, 0.2) is 48.5 Å².